The predicted molar refractivity (Wildman–Crippen MR) is 81.0 cm³/mol. The molecular formula is C14H15BrClNO2. The summed E-state index contributed by atoms with van der Waals surface area (Å²) in [6.07, 6.45) is 1.30. The van der Waals surface area contributed by atoms with Crippen molar-refractivity contribution in [1.29, 1.82) is 0 Å². The van der Waals surface area contributed by atoms with Crippen LogP contribution in [0.1, 0.15) is 26.3 Å². The van der Waals surface area contributed by atoms with E-state index in [9.17, 15) is 4.79 Å². The van der Waals surface area contributed by atoms with Crippen molar-refractivity contribution < 1.29 is 9.53 Å². The first-order valence-corrected chi connectivity index (χ1v) is 7.06. The Labute approximate surface area is 125 Å². The molecule has 1 aromatic heterocycles. The fourth-order valence-corrected chi connectivity index (χ4v) is 2.46. The van der Waals surface area contributed by atoms with Crippen molar-refractivity contribution in [2.75, 3.05) is 0 Å². The van der Waals surface area contributed by atoms with E-state index in [2.05, 4.69) is 15.9 Å². The molecule has 102 valence electrons. The van der Waals surface area contributed by atoms with Crippen LogP contribution in [-0.2, 0) is 4.74 Å². The number of nitrogens with zero attached hydrogens (tertiary/aromatic N) is 1. The molecule has 0 N–H and O–H groups in total. The van der Waals surface area contributed by atoms with Gasteiger partial charge in [-0.05, 0) is 61.3 Å². The Hall–Kier alpha value is -1.00. The number of carbonyl (C=O) groups excluding carboxylic acids is 1. The molecule has 2 aromatic rings. The molecule has 1 aromatic carbocycles. The molecule has 5 heteroatoms. The van der Waals surface area contributed by atoms with Crippen molar-refractivity contribution in [2.24, 2.45) is 0 Å². The summed E-state index contributed by atoms with van der Waals surface area (Å²) in [6, 6.07) is 3.73. The van der Waals surface area contributed by atoms with E-state index in [0.717, 1.165) is 20.9 Å². The van der Waals surface area contributed by atoms with Crippen LogP contribution in [-0.4, -0.2) is 16.3 Å². The van der Waals surface area contributed by atoms with Crippen molar-refractivity contribution in [2.45, 2.75) is 33.3 Å². The first kappa shape index (κ1) is 14.4. The molecule has 2 rings (SSSR count). The molecule has 1 heterocycles. The minimum absolute atomic E-state index is 0.398. The normalized spacial score (nSPS) is 11.9. The summed E-state index contributed by atoms with van der Waals surface area (Å²) in [5.41, 5.74) is 1.18. The van der Waals surface area contributed by atoms with E-state index in [-0.39, 0.29) is 0 Å². The highest BCUT2D eigenvalue weighted by Crippen LogP contribution is 2.31. The minimum atomic E-state index is -0.526. The largest absolute Gasteiger partial charge is 0.443 e. The molecule has 0 fully saturated rings. The van der Waals surface area contributed by atoms with E-state index in [0.29, 0.717) is 5.02 Å². The molecule has 0 saturated heterocycles. The molecule has 0 aliphatic heterocycles. The average molecular weight is 345 g/mol. The van der Waals surface area contributed by atoms with Crippen molar-refractivity contribution >= 4 is 44.5 Å². The van der Waals surface area contributed by atoms with Crippen LogP contribution in [0.5, 0.6) is 0 Å². The Kier molecular flexibility index (Phi) is 3.67. The fourth-order valence-electron chi connectivity index (χ4n) is 1.77. The quantitative estimate of drug-likeness (QED) is 0.662. The molecule has 0 atom stereocenters. The Morgan fingerprint density at radius 2 is 2.00 bits per heavy atom. The lowest BCUT2D eigenvalue weighted by Crippen LogP contribution is -2.26. The van der Waals surface area contributed by atoms with Gasteiger partial charge < -0.3 is 4.74 Å². The molecule has 0 bridgehead atoms. The summed E-state index contributed by atoms with van der Waals surface area (Å²) in [6.45, 7) is 7.43. The third-order valence-corrected chi connectivity index (χ3v) is 3.67. The molecule has 0 amide bonds. The maximum atomic E-state index is 12.2. The molecule has 19 heavy (non-hydrogen) atoms. The zero-order valence-electron chi connectivity index (χ0n) is 11.3. The van der Waals surface area contributed by atoms with Crippen LogP contribution in [0.15, 0.2) is 22.8 Å². The Morgan fingerprint density at radius 3 is 2.58 bits per heavy atom. The summed E-state index contributed by atoms with van der Waals surface area (Å²) in [7, 11) is 0. The van der Waals surface area contributed by atoms with Crippen LogP contribution in [0.3, 0.4) is 0 Å². The van der Waals surface area contributed by atoms with Crippen LogP contribution in [0.25, 0.3) is 10.9 Å². The summed E-state index contributed by atoms with van der Waals surface area (Å²) in [5.74, 6) is 0. The van der Waals surface area contributed by atoms with Gasteiger partial charge in [0.2, 0.25) is 0 Å². The minimum Gasteiger partial charge on any atom is -0.443 e. The zero-order chi connectivity index (χ0) is 14.4. The maximum Gasteiger partial charge on any atom is 0.419 e. The molecule has 0 aliphatic rings. The number of aromatic nitrogens is 1. The molecule has 0 spiro atoms. The lowest BCUT2D eigenvalue weighted by Gasteiger charge is -2.19. The first-order chi connectivity index (χ1) is 8.69. The molecular weight excluding hydrogens is 330 g/mol. The highest BCUT2D eigenvalue weighted by Gasteiger charge is 2.20. The van der Waals surface area contributed by atoms with Crippen molar-refractivity contribution in [3.05, 3.63) is 33.4 Å². The SMILES string of the molecule is Cc1cc2c(cc1Cl)c(Br)cn2C(=O)OC(C)(C)C. The van der Waals surface area contributed by atoms with Gasteiger partial charge in [-0.25, -0.2) is 4.79 Å². The van der Waals surface area contributed by atoms with E-state index < -0.39 is 11.7 Å². The van der Waals surface area contributed by atoms with E-state index in [1.807, 2.05) is 39.8 Å². The second kappa shape index (κ2) is 4.84. The number of carbonyl (C=O) groups is 1. The molecule has 0 aliphatic carbocycles. The topological polar surface area (TPSA) is 31.2 Å². The smallest absolute Gasteiger partial charge is 0.419 e. The van der Waals surface area contributed by atoms with Gasteiger partial charge in [-0.2, -0.15) is 0 Å². The van der Waals surface area contributed by atoms with Crippen LogP contribution in [0, 0.1) is 6.92 Å². The van der Waals surface area contributed by atoms with Gasteiger partial charge in [0.25, 0.3) is 0 Å². The summed E-state index contributed by atoms with van der Waals surface area (Å²) in [4.78, 5) is 12.2. The van der Waals surface area contributed by atoms with Gasteiger partial charge >= 0.3 is 6.09 Å². The highest BCUT2D eigenvalue weighted by atomic mass is 79.9. The van der Waals surface area contributed by atoms with Crippen LogP contribution in [0.2, 0.25) is 5.02 Å². The van der Waals surface area contributed by atoms with Gasteiger partial charge in [0.15, 0.2) is 0 Å². The van der Waals surface area contributed by atoms with Crippen molar-refractivity contribution in [3.8, 4) is 0 Å². The van der Waals surface area contributed by atoms with Crippen LogP contribution < -0.4 is 0 Å². The van der Waals surface area contributed by atoms with Gasteiger partial charge in [-0.1, -0.05) is 11.6 Å². The standard InChI is InChI=1S/C14H15BrClNO2/c1-8-5-12-9(6-11(8)16)10(15)7-17(12)13(18)19-14(2,3)4/h5-7H,1-4H3. The summed E-state index contributed by atoms with van der Waals surface area (Å²) >= 11 is 9.55. The zero-order valence-corrected chi connectivity index (χ0v) is 13.6. The third-order valence-electron chi connectivity index (χ3n) is 2.63. The van der Waals surface area contributed by atoms with Gasteiger partial charge in [-0.15, -0.1) is 0 Å². The average Bonchev–Trinajstić information content (AvgIpc) is 2.55. The van der Waals surface area contributed by atoms with Gasteiger partial charge in [0, 0.05) is 21.1 Å². The highest BCUT2D eigenvalue weighted by molar-refractivity contribution is 9.10. The number of aryl methyl sites for hydroxylation is 1. The van der Waals surface area contributed by atoms with Gasteiger partial charge in [0.1, 0.15) is 5.60 Å². The number of rotatable bonds is 0. The summed E-state index contributed by atoms with van der Waals surface area (Å²) in [5, 5.41) is 1.57. The monoisotopic (exact) mass is 343 g/mol. The number of ether oxygens (including phenoxy) is 1. The van der Waals surface area contributed by atoms with Crippen molar-refractivity contribution in [1.82, 2.24) is 4.57 Å². The van der Waals surface area contributed by atoms with Crippen molar-refractivity contribution in [3.63, 3.8) is 0 Å². The van der Waals surface area contributed by atoms with E-state index in [4.69, 9.17) is 16.3 Å². The third kappa shape index (κ3) is 2.95. The lowest BCUT2D eigenvalue weighted by molar-refractivity contribution is 0.0544. The lowest BCUT2D eigenvalue weighted by atomic mass is 10.2. The number of hydrogen-bond acceptors (Lipinski definition) is 2. The van der Waals surface area contributed by atoms with Crippen LogP contribution >= 0.6 is 27.5 Å². The predicted octanol–water partition coefficient (Wildman–Crippen LogP) is 5.15. The molecule has 3 nitrogen and oxygen atoms in total. The maximum absolute atomic E-state index is 12.2. The van der Waals surface area contributed by atoms with Gasteiger partial charge in [-0.3, -0.25) is 4.57 Å². The number of fused-ring (bicyclic) bond motifs is 1. The molecule has 0 saturated carbocycles. The fraction of sp³-hybridized carbons (Fsp3) is 0.357. The Balaban J connectivity index is 2.56. The molecule has 0 radical (unpaired) electrons. The summed E-state index contributed by atoms with van der Waals surface area (Å²) < 4.78 is 7.69. The first-order valence-electron chi connectivity index (χ1n) is 5.89. The Morgan fingerprint density at radius 1 is 1.37 bits per heavy atom. The van der Waals surface area contributed by atoms with Gasteiger partial charge in [0.05, 0.1) is 5.52 Å². The number of halogens is 2. The Bertz CT molecular complexity index is 655. The molecule has 0 unspecified atom stereocenters. The van der Waals surface area contributed by atoms with E-state index in [1.54, 1.807) is 6.20 Å². The second-order valence-corrected chi connectivity index (χ2v) is 6.71. The number of benzene rings is 1. The van der Waals surface area contributed by atoms with E-state index >= 15 is 0 Å². The van der Waals surface area contributed by atoms with Crippen LogP contribution in [0.4, 0.5) is 4.79 Å². The second-order valence-electron chi connectivity index (χ2n) is 5.45. The van der Waals surface area contributed by atoms with E-state index in [1.165, 1.54) is 4.57 Å². The number of hydrogen-bond donors (Lipinski definition) is 0.